The van der Waals surface area contributed by atoms with Gasteiger partial charge < -0.3 is 19.0 Å². The van der Waals surface area contributed by atoms with Gasteiger partial charge in [-0.15, -0.1) is 12.4 Å². The van der Waals surface area contributed by atoms with E-state index in [0.29, 0.717) is 17.9 Å². The number of aliphatic hydroxyl groups is 1. The van der Waals surface area contributed by atoms with E-state index in [1.807, 2.05) is 32.9 Å². The summed E-state index contributed by atoms with van der Waals surface area (Å²) in [6.07, 6.45) is -0.260. The first-order valence-corrected chi connectivity index (χ1v) is 8.64. The quantitative estimate of drug-likeness (QED) is 0.799. The first-order chi connectivity index (χ1) is 11.9. The van der Waals surface area contributed by atoms with Crippen molar-refractivity contribution in [2.75, 3.05) is 26.2 Å². The average molecular weight is 384 g/mol. The summed E-state index contributed by atoms with van der Waals surface area (Å²) >= 11 is 0. The number of aliphatic hydroxyl groups excluding tert-OH is 1. The lowest BCUT2D eigenvalue weighted by Gasteiger charge is -2.36. The van der Waals surface area contributed by atoms with Crippen LogP contribution >= 0.6 is 12.4 Å². The van der Waals surface area contributed by atoms with E-state index in [0.717, 1.165) is 24.0 Å². The summed E-state index contributed by atoms with van der Waals surface area (Å²) in [4.78, 5) is 13.7. The van der Waals surface area contributed by atoms with E-state index >= 15 is 0 Å². The van der Waals surface area contributed by atoms with Gasteiger partial charge in [0.1, 0.15) is 24.0 Å². The van der Waals surface area contributed by atoms with Crippen molar-refractivity contribution in [1.29, 1.82) is 0 Å². The van der Waals surface area contributed by atoms with E-state index < -0.39 is 6.10 Å². The number of hydrogen-bond acceptors (Lipinski definition) is 6. The normalized spacial score (nSPS) is 22.0. The molecule has 3 atom stereocenters. The molecule has 1 N–H and O–H groups in total. The van der Waals surface area contributed by atoms with E-state index in [9.17, 15) is 9.90 Å². The number of ether oxygens (including phenoxy) is 2. The van der Waals surface area contributed by atoms with Gasteiger partial charge in [0.25, 0.3) is 0 Å². The van der Waals surface area contributed by atoms with Crippen LogP contribution in [0.15, 0.2) is 33.5 Å². The van der Waals surface area contributed by atoms with Gasteiger partial charge in [0.2, 0.25) is 0 Å². The molecule has 1 aliphatic rings. The Morgan fingerprint density at radius 3 is 2.65 bits per heavy atom. The molecule has 1 aromatic carbocycles. The highest BCUT2D eigenvalue weighted by Crippen LogP contribution is 2.22. The lowest BCUT2D eigenvalue weighted by atomic mass is 10.1. The molecule has 7 heteroatoms. The van der Waals surface area contributed by atoms with E-state index in [2.05, 4.69) is 4.90 Å². The molecule has 26 heavy (non-hydrogen) atoms. The van der Waals surface area contributed by atoms with Gasteiger partial charge >= 0.3 is 5.63 Å². The molecule has 0 radical (unpaired) electrons. The van der Waals surface area contributed by atoms with Crippen molar-refractivity contribution in [2.45, 2.75) is 39.1 Å². The van der Waals surface area contributed by atoms with Crippen LogP contribution in [0.3, 0.4) is 0 Å². The highest BCUT2D eigenvalue weighted by Gasteiger charge is 2.24. The molecule has 0 spiro atoms. The van der Waals surface area contributed by atoms with E-state index in [1.54, 1.807) is 6.07 Å². The summed E-state index contributed by atoms with van der Waals surface area (Å²) in [5, 5.41) is 11.1. The first kappa shape index (κ1) is 20.7. The third-order valence-corrected chi connectivity index (χ3v) is 4.33. The number of aryl methyl sites for hydroxylation is 1. The second-order valence-corrected chi connectivity index (χ2v) is 6.85. The Morgan fingerprint density at radius 2 is 1.96 bits per heavy atom. The van der Waals surface area contributed by atoms with Gasteiger partial charge in [0, 0.05) is 37.2 Å². The van der Waals surface area contributed by atoms with Crippen molar-refractivity contribution in [3.8, 4) is 5.75 Å². The Kier molecular flexibility index (Phi) is 7.06. The smallest absolute Gasteiger partial charge is 0.336 e. The summed E-state index contributed by atoms with van der Waals surface area (Å²) in [5.41, 5.74) is 0.985. The van der Waals surface area contributed by atoms with E-state index in [4.69, 9.17) is 13.9 Å². The fourth-order valence-electron chi connectivity index (χ4n) is 3.37. The Bertz CT molecular complexity index is 783. The van der Waals surface area contributed by atoms with Gasteiger partial charge in [-0.1, -0.05) is 0 Å². The molecule has 2 aromatic rings. The molecule has 144 valence electrons. The molecule has 6 nitrogen and oxygen atoms in total. The summed E-state index contributed by atoms with van der Waals surface area (Å²) < 4.78 is 16.6. The number of β-amino-alcohol motifs (C(OH)–C–C–N with tert-alkyl or cyclic N) is 1. The van der Waals surface area contributed by atoms with Crippen LogP contribution in [0.25, 0.3) is 11.0 Å². The Morgan fingerprint density at radius 1 is 1.27 bits per heavy atom. The Hall–Kier alpha value is -1.60. The second-order valence-electron chi connectivity index (χ2n) is 6.85. The largest absolute Gasteiger partial charge is 0.491 e. The van der Waals surface area contributed by atoms with Crippen LogP contribution in [-0.2, 0) is 4.74 Å². The maximum Gasteiger partial charge on any atom is 0.336 e. The average Bonchev–Trinajstić information content (AvgIpc) is 2.51. The van der Waals surface area contributed by atoms with Crippen molar-refractivity contribution in [3.05, 3.63) is 40.2 Å². The van der Waals surface area contributed by atoms with Gasteiger partial charge in [-0.3, -0.25) is 4.90 Å². The second kappa shape index (κ2) is 8.86. The number of benzene rings is 1. The first-order valence-electron chi connectivity index (χ1n) is 8.64. The molecule has 1 saturated heterocycles. The molecule has 2 heterocycles. The van der Waals surface area contributed by atoms with Crippen LogP contribution in [0.1, 0.15) is 19.4 Å². The van der Waals surface area contributed by atoms with Crippen LogP contribution in [0.2, 0.25) is 0 Å². The zero-order valence-electron chi connectivity index (χ0n) is 15.3. The Balaban J connectivity index is 0.00000243. The molecule has 0 aliphatic carbocycles. The van der Waals surface area contributed by atoms with Crippen molar-refractivity contribution in [3.63, 3.8) is 0 Å². The molecular formula is C19H26ClNO5. The van der Waals surface area contributed by atoms with Crippen molar-refractivity contribution >= 4 is 23.4 Å². The minimum atomic E-state index is -0.599. The van der Waals surface area contributed by atoms with Gasteiger partial charge in [0.05, 0.1) is 12.2 Å². The maximum atomic E-state index is 11.5. The fourth-order valence-corrected chi connectivity index (χ4v) is 3.37. The predicted octanol–water partition coefficient (Wildman–Crippen LogP) is 2.37. The molecular weight excluding hydrogens is 358 g/mol. The standard InChI is InChI=1S/C19H25NO5.ClH/c1-12-6-19(22)25-18-7-16(4-5-17(12)18)23-11-15(21)10-20-8-13(2)24-14(3)9-20;/h4-7,13-15,21H,8-11H2,1-3H3;1H. The molecule has 0 bridgehead atoms. The Labute approximate surface area is 159 Å². The SMILES string of the molecule is Cc1cc(=O)oc2cc(OCC(O)CN3CC(C)OC(C)C3)ccc12.Cl. The number of hydrogen-bond donors (Lipinski definition) is 1. The number of halogens is 1. The number of fused-ring (bicyclic) bond motifs is 1. The van der Waals surface area contributed by atoms with Crippen LogP contribution in [0, 0.1) is 6.92 Å². The molecule has 1 fully saturated rings. The van der Waals surface area contributed by atoms with Crippen LogP contribution in [-0.4, -0.2) is 54.6 Å². The maximum absolute atomic E-state index is 11.5. The molecule has 3 unspecified atom stereocenters. The number of nitrogens with zero attached hydrogens (tertiary/aromatic N) is 1. The number of morpholine rings is 1. The van der Waals surface area contributed by atoms with E-state index in [1.165, 1.54) is 6.07 Å². The molecule has 1 aromatic heterocycles. The van der Waals surface area contributed by atoms with Gasteiger partial charge in [-0.05, 0) is 38.5 Å². The summed E-state index contributed by atoms with van der Waals surface area (Å²) in [7, 11) is 0. The highest BCUT2D eigenvalue weighted by atomic mass is 35.5. The molecule has 3 rings (SSSR count). The molecule has 0 amide bonds. The minimum absolute atomic E-state index is 0. The molecule has 0 saturated carbocycles. The topological polar surface area (TPSA) is 72.1 Å². The minimum Gasteiger partial charge on any atom is -0.491 e. The van der Waals surface area contributed by atoms with Gasteiger partial charge in [0.15, 0.2) is 0 Å². The summed E-state index contributed by atoms with van der Waals surface area (Å²) in [5.74, 6) is 0.573. The number of rotatable bonds is 5. The lowest BCUT2D eigenvalue weighted by Crippen LogP contribution is -2.48. The zero-order valence-corrected chi connectivity index (χ0v) is 16.1. The summed E-state index contributed by atoms with van der Waals surface area (Å²) in [6, 6.07) is 6.84. The predicted molar refractivity (Wildman–Crippen MR) is 102 cm³/mol. The third kappa shape index (κ3) is 5.20. The summed E-state index contributed by atoms with van der Waals surface area (Å²) in [6.45, 7) is 8.28. The zero-order chi connectivity index (χ0) is 18.0. The van der Waals surface area contributed by atoms with Crippen LogP contribution < -0.4 is 10.4 Å². The lowest BCUT2D eigenvalue weighted by molar-refractivity contribution is -0.0786. The van der Waals surface area contributed by atoms with Gasteiger partial charge in [-0.25, -0.2) is 4.79 Å². The van der Waals surface area contributed by atoms with Crippen molar-refractivity contribution in [1.82, 2.24) is 4.90 Å². The monoisotopic (exact) mass is 383 g/mol. The van der Waals surface area contributed by atoms with E-state index in [-0.39, 0.29) is 36.8 Å². The van der Waals surface area contributed by atoms with Crippen LogP contribution in [0.5, 0.6) is 5.75 Å². The molecule has 1 aliphatic heterocycles. The van der Waals surface area contributed by atoms with Crippen molar-refractivity contribution < 1.29 is 19.0 Å². The highest BCUT2D eigenvalue weighted by molar-refractivity contribution is 5.85. The van der Waals surface area contributed by atoms with Crippen molar-refractivity contribution in [2.24, 2.45) is 0 Å². The van der Waals surface area contributed by atoms with Gasteiger partial charge in [-0.2, -0.15) is 0 Å². The third-order valence-electron chi connectivity index (χ3n) is 4.33. The fraction of sp³-hybridized carbons (Fsp3) is 0.526. The van der Waals surface area contributed by atoms with Crippen LogP contribution in [0.4, 0.5) is 0 Å².